The van der Waals surface area contributed by atoms with Crippen LogP contribution in [0.2, 0.25) is 0 Å². The summed E-state index contributed by atoms with van der Waals surface area (Å²) in [6.45, 7) is -0.0987. The van der Waals surface area contributed by atoms with Crippen molar-refractivity contribution in [2.75, 3.05) is 32.1 Å². The van der Waals surface area contributed by atoms with Gasteiger partial charge in [-0.3, -0.25) is 4.79 Å². The maximum absolute atomic E-state index is 13.3. The standard InChI is InChI=1S/C14H13Br2FN2O4/c1-23-14(22)8-6-19(2-3-20)13(21)11(8)18-12-9(15)4-7(17)5-10(12)16/h4-5,18,20H,2-3,6H2,1H3. The van der Waals surface area contributed by atoms with Crippen LogP contribution in [-0.2, 0) is 14.3 Å². The molecule has 0 atom stereocenters. The lowest BCUT2D eigenvalue weighted by Gasteiger charge is -2.16. The van der Waals surface area contributed by atoms with Gasteiger partial charge in [-0.1, -0.05) is 0 Å². The fourth-order valence-electron chi connectivity index (χ4n) is 2.14. The minimum Gasteiger partial charge on any atom is -0.466 e. The lowest BCUT2D eigenvalue weighted by Crippen LogP contribution is -2.31. The molecule has 1 aromatic rings. The number of benzene rings is 1. The topological polar surface area (TPSA) is 78.9 Å². The number of methoxy groups -OCH3 is 1. The van der Waals surface area contributed by atoms with E-state index in [1.807, 2.05) is 0 Å². The summed E-state index contributed by atoms with van der Waals surface area (Å²) in [4.78, 5) is 25.6. The molecule has 0 fully saturated rings. The third kappa shape index (κ3) is 3.73. The minimum atomic E-state index is -0.643. The van der Waals surface area contributed by atoms with E-state index in [0.29, 0.717) is 14.6 Å². The van der Waals surface area contributed by atoms with E-state index in [4.69, 9.17) is 9.84 Å². The van der Waals surface area contributed by atoms with Crippen molar-refractivity contribution in [3.8, 4) is 0 Å². The lowest BCUT2D eigenvalue weighted by atomic mass is 10.2. The Balaban J connectivity index is 2.41. The average Bonchev–Trinajstić information content (AvgIpc) is 2.79. The molecule has 0 saturated heterocycles. The third-order valence-electron chi connectivity index (χ3n) is 3.21. The monoisotopic (exact) mass is 450 g/mol. The van der Waals surface area contributed by atoms with Crippen LogP contribution < -0.4 is 5.32 Å². The van der Waals surface area contributed by atoms with E-state index in [1.165, 1.54) is 24.1 Å². The Morgan fingerprint density at radius 3 is 2.57 bits per heavy atom. The molecule has 0 saturated carbocycles. The van der Waals surface area contributed by atoms with Crippen LogP contribution in [0.15, 0.2) is 32.3 Å². The Kier molecular flexibility index (Phi) is 5.77. The van der Waals surface area contributed by atoms with Crippen LogP contribution in [0.5, 0.6) is 0 Å². The summed E-state index contributed by atoms with van der Waals surface area (Å²) >= 11 is 6.42. The molecule has 2 rings (SSSR count). The predicted molar refractivity (Wildman–Crippen MR) is 88.1 cm³/mol. The SMILES string of the molecule is COC(=O)C1=C(Nc2c(Br)cc(F)cc2Br)C(=O)N(CCO)C1. The molecule has 1 amide bonds. The fraction of sp³-hybridized carbons (Fsp3) is 0.286. The molecule has 124 valence electrons. The highest BCUT2D eigenvalue weighted by molar-refractivity contribution is 9.11. The zero-order valence-electron chi connectivity index (χ0n) is 12.0. The molecular formula is C14H13Br2FN2O4. The van der Waals surface area contributed by atoms with Gasteiger partial charge in [0.2, 0.25) is 0 Å². The second-order valence-electron chi connectivity index (χ2n) is 4.66. The summed E-state index contributed by atoms with van der Waals surface area (Å²) < 4.78 is 18.8. The molecule has 0 aromatic heterocycles. The van der Waals surface area contributed by atoms with Crippen molar-refractivity contribution in [1.82, 2.24) is 4.90 Å². The first kappa shape index (κ1) is 17.9. The van der Waals surface area contributed by atoms with Crippen LogP contribution in [0.4, 0.5) is 10.1 Å². The summed E-state index contributed by atoms with van der Waals surface area (Å²) in [5, 5.41) is 11.9. The maximum Gasteiger partial charge on any atom is 0.337 e. The molecule has 23 heavy (non-hydrogen) atoms. The number of aliphatic hydroxyl groups excluding tert-OH is 1. The van der Waals surface area contributed by atoms with Gasteiger partial charge >= 0.3 is 5.97 Å². The molecule has 1 aliphatic rings. The molecule has 2 N–H and O–H groups in total. The number of aliphatic hydroxyl groups is 1. The van der Waals surface area contributed by atoms with Gasteiger partial charge in [0.25, 0.3) is 5.91 Å². The number of rotatable bonds is 5. The maximum atomic E-state index is 13.3. The normalized spacial score (nSPS) is 14.5. The highest BCUT2D eigenvalue weighted by atomic mass is 79.9. The molecule has 1 heterocycles. The van der Waals surface area contributed by atoms with Gasteiger partial charge in [0.15, 0.2) is 0 Å². The molecule has 0 radical (unpaired) electrons. The van der Waals surface area contributed by atoms with Gasteiger partial charge < -0.3 is 20.1 Å². The summed E-state index contributed by atoms with van der Waals surface area (Å²) in [7, 11) is 1.22. The van der Waals surface area contributed by atoms with E-state index >= 15 is 0 Å². The number of hydrogen-bond acceptors (Lipinski definition) is 5. The van der Waals surface area contributed by atoms with Gasteiger partial charge in [0.1, 0.15) is 11.5 Å². The van der Waals surface area contributed by atoms with Crippen LogP contribution in [0.3, 0.4) is 0 Å². The van der Waals surface area contributed by atoms with E-state index < -0.39 is 17.7 Å². The Hall–Kier alpha value is -1.45. The first-order valence-electron chi connectivity index (χ1n) is 6.52. The van der Waals surface area contributed by atoms with Crippen molar-refractivity contribution in [2.24, 2.45) is 0 Å². The summed E-state index contributed by atoms with van der Waals surface area (Å²) in [5.74, 6) is -1.55. The van der Waals surface area contributed by atoms with Crippen LogP contribution in [-0.4, -0.2) is 48.7 Å². The van der Waals surface area contributed by atoms with Gasteiger partial charge in [0.05, 0.1) is 31.5 Å². The van der Waals surface area contributed by atoms with Gasteiger partial charge in [-0.25, -0.2) is 9.18 Å². The number of amides is 1. The predicted octanol–water partition coefficient (Wildman–Crippen LogP) is 2.02. The van der Waals surface area contributed by atoms with Crippen molar-refractivity contribution >= 4 is 49.4 Å². The number of ether oxygens (including phenoxy) is 1. The van der Waals surface area contributed by atoms with Gasteiger partial charge in [-0.15, -0.1) is 0 Å². The Morgan fingerprint density at radius 1 is 1.43 bits per heavy atom. The highest BCUT2D eigenvalue weighted by Crippen LogP contribution is 2.34. The average molecular weight is 452 g/mol. The largest absolute Gasteiger partial charge is 0.466 e. The number of nitrogens with one attached hydrogen (secondary N) is 1. The summed E-state index contributed by atoms with van der Waals surface area (Å²) in [6, 6.07) is 2.47. The Labute approximate surface area is 148 Å². The van der Waals surface area contributed by atoms with E-state index in [1.54, 1.807) is 0 Å². The number of β-amino-alcohol motifs (C(OH)–C–C–N with tert-alkyl or cyclic N) is 1. The first-order valence-corrected chi connectivity index (χ1v) is 8.10. The second-order valence-corrected chi connectivity index (χ2v) is 6.37. The highest BCUT2D eigenvalue weighted by Gasteiger charge is 2.35. The lowest BCUT2D eigenvalue weighted by molar-refractivity contribution is -0.136. The van der Waals surface area contributed by atoms with E-state index in [-0.39, 0.29) is 31.0 Å². The molecular weight excluding hydrogens is 439 g/mol. The number of hydrogen-bond donors (Lipinski definition) is 2. The zero-order chi connectivity index (χ0) is 17.1. The number of carbonyl (C=O) groups excluding carboxylic acids is 2. The molecule has 1 aromatic carbocycles. The van der Waals surface area contributed by atoms with Gasteiger partial charge in [0, 0.05) is 15.5 Å². The molecule has 0 unspecified atom stereocenters. The number of halogens is 3. The molecule has 0 spiro atoms. The van der Waals surface area contributed by atoms with Crippen molar-refractivity contribution in [2.45, 2.75) is 0 Å². The van der Waals surface area contributed by atoms with Crippen molar-refractivity contribution in [3.05, 3.63) is 38.2 Å². The smallest absolute Gasteiger partial charge is 0.337 e. The quantitative estimate of drug-likeness (QED) is 0.669. The van der Waals surface area contributed by atoms with E-state index in [2.05, 4.69) is 37.2 Å². The molecule has 6 nitrogen and oxygen atoms in total. The molecule has 0 bridgehead atoms. The van der Waals surface area contributed by atoms with Crippen molar-refractivity contribution in [1.29, 1.82) is 0 Å². The van der Waals surface area contributed by atoms with Crippen LogP contribution >= 0.6 is 31.9 Å². The van der Waals surface area contributed by atoms with Crippen molar-refractivity contribution < 1.29 is 23.8 Å². The first-order chi connectivity index (χ1) is 10.9. The number of carbonyl (C=O) groups is 2. The third-order valence-corrected chi connectivity index (χ3v) is 4.46. The minimum absolute atomic E-state index is 0.0326. The van der Waals surface area contributed by atoms with E-state index in [0.717, 1.165) is 0 Å². The second kappa shape index (κ2) is 7.41. The zero-order valence-corrected chi connectivity index (χ0v) is 15.2. The number of esters is 1. The van der Waals surface area contributed by atoms with Crippen molar-refractivity contribution in [3.63, 3.8) is 0 Å². The molecule has 1 aliphatic heterocycles. The summed E-state index contributed by atoms with van der Waals surface area (Å²) in [5.41, 5.74) is 0.592. The Bertz CT molecular complexity index is 670. The fourth-order valence-corrected chi connectivity index (χ4v) is 3.46. The van der Waals surface area contributed by atoms with Crippen LogP contribution in [0, 0.1) is 5.82 Å². The Morgan fingerprint density at radius 2 is 2.04 bits per heavy atom. The number of anilines is 1. The van der Waals surface area contributed by atoms with Gasteiger partial charge in [-0.2, -0.15) is 0 Å². The molecule has 0 aliphatic carbocycles. The number of nitrogens with zero attached hydrogens (tertiary/aromatic N) is 1. The van der Waals surface area contributed by atoms with Crippen LogP contribution in [0.25, 0.3) is 0 Å². The van der Waals surface area contributed by atoms with Gasteiger partial charge in [-0.05, 0) is 44.0 Å². The summed E-state index contributed by atoms with van der Waals surface area (Å²) in [6.07, 6.45) is 0. The van der Waals surface area contributed by atoms with E-state index in [9.17, 15) is 14.0 Å². The molecule has 9 heteroatoms. The van der Waals surface area contributed by atoms with Crippen LogP contribution in [0.1, 0.15) is 0 Å².